The molecule has 0 unspecified atom stereocenters. The molecule has 7 heteroatoms. The van der Waals surface area contributed by atoms with Crippen molar-refractivity contribution in [2.24, 2.45) is 0 Å². The summed E-state index contributed by atoms with van der Waals surface area (Å²) in [6, 6.07) is 17.0. The van der Waals surface area contributed by atoms with Crippen LogP contribution in [0.1, 0.15) is 36.8 Å². The SMILES string of the molecule is CCCCOS(=O)(=O)/C=C/c1ccc(OCCc2nc(-c3ccccc3)oc2C)cc1. The topological polar surface area (TPSA) is 78.6 Å². The maximum absolute atomic E-state index is 11.8. The molecule has 0 spiro atoms. The van der Waals surface area contributed by atoms with E-state index in [1.54, 1.807) is 24.3 Å². The van der Waals surface area contributed by atoms with Crippen molar-refractivity contribution >= 4 is 16.2 Å². The Balaban J connectivity index is 1.51. The van der Waals surface area contributed by atoms with Crippen molar-refractivity contribution in [2.75, 3.05) is 13.2 Å². The summed E-state index contributed by atoms with van der Waals surface area (Å²) in [5.74, 6) is 2.09. The Morgan fingerprint density at radius 3 is 2.48 bits per heavy atom. The maximum Gasteiger partial charge on any atom is 0.290 e. The standard InChI is InChI=1S/C24H27NO5S/c1-3-4-16-29-31(26,27)18-15-20-10-12-22(13-11-20)28-17-14-23-19(2)30-24(25-23)21-8-6-5-7-9-21/h5-13,15,18H,3-4,14,16-17H2,1-2H3/b18-15+. The predicted molar refractivity (Wildman–Crippen MR) is 121 cm³/mol. The van der Waals surface area contributed by atoms with Gasteiger partial charge in [-0.3, -0.25) is 4.18 Å². The molecule has 1 heterocycles. The highest BCUT2D eigenvalue weighted by Gasteiger charge is 2.11. The van der Waals surface area contributed by atoms with Crippen molar-refractivity contribution in [1.82, 2.24) is 4.98 Å². The van der Waals surface area contributed by atoms with E-state index in [2.05, 4.69) is 4.98 Å². The molecule has 3 rings (SSSR count). The molecule has 0 saturated heterocycles. The predicted octanol–water partition coefficient (Wildman–Crippen LogP) is 5.39. The number of nitrogens with zero attached hydrogens (tertiary/aromatic N) is 1. The highest BCUT2D eigenvalue weighted by molar-refractivity contribution is 7.89. The Bertz CT molecular complexity index is 1090. The fourth-order valence-corrected chi connectivity index (χ4v) is 3.58. The minimum Gasteiger partial charge on any atom is -0.493 e. The van der Waals surface area contributed by atoms with Gasteiger partial charge in [0.15, 0.2) is 0 Å². The van der Waals surface area contributed by atoms with Crippen molar-refractivity contribution < 1.29 is 21.8 Å². The molecule has 0 radical (unpaired) electrons. The Labute approximate surface area is 183 Å². The van der Waals surface area contributed by atoms with E-state index in [-0.39, 0.29) is 6.61 Å². The third-order valence-corrected chi connectivity index (χ3v) is 5.54. The number of unbranched alkanes of at least 4 members (excludes halogenated alkanes) is 1. The van der Waals surface area contributed by atoms with Gasteiger partial charge in [0.25, 0.3) is 10.1 Å². The fourth-order valence-electron chi connectivity index (χ4n) is 2.83. The number of oxazole rings is 1. The number of hydrogen-bond acceptors (Lipinski definition) is 6. The van der Waals surface area contributed by atoms with Gasteiger partial charge in [0.1, 0.15) is 11.5 Å². The van der Waals surface area contributed by atoms with Gasteiger partial charge in [-0.1, -0.05) is 43.7 Å². The van der Waals surface area contributed by atoms with Crippen LogP contribution in [0.3, 0.4) is 0 Å². The minimum atomic E-state index is -3.66. The Morgan fingerprint density at radius 2 is 1.77 bits per heavy atom. The van der Waals surface area contributed by atoms with Gasteiger partial charge in [-0.15, -0.1) is 0 Å². The molecule has 0 aliphatic heterocycles. The number of aryl methyl sites for hydroxylation is 1. The molecule has 0 aliphatic rings. The first-order chi connectivity index (χ1) is 15.0. The summed E-state index contributed by atoms with van der Waals surface area (Å²) in [5, 5.41) is 1.08. The minimum absolute atomic E-state index is 0.202. The van der Waals surface area contributed by atoms with E-state index in [0.717, 1.165) is 34.4 Å². The van der Waals surface area contributed by atoms with E-state index in [1.807, 2.05) is 44.2 Å². The molecular formula is C24H27NO5S. The molecule has 3 aromatic rings. The number of rotatable bonds is 11. The molecule has 0 N–H and O–H groups in total. The molecule has 0 fully saturated rings. The van der Waals surface area contributed by atoms with Crippen LogP contribution in [-0.4, -0.2) is 26.6 Å². The average Bonchev–Trinajstić information content (AvgIpc) is 3.14. The van der Waals surface area contributed by atoms with Crippen molar-refractivity contribution in [3.8, 4) is 17.2 Å². The van der Waals surface area contributed by atoms with Gasteiger partial charge in [0.05, 0.1) is 24.3 Å². The molecule has 0 aliphatic carbocycles. The van der Waals surface area contributed by atoms with Crippen molar-refractivity contribution in [2.45, 2.75) is 33.1 Å². The quantitative estimate of drug-likeness (QED) is 0.293. The molecule has 0 amide bonds. The normalized spacial score (nSPS) is 11.8. The van der Waals surface area contributed by atoms with Gasteiger partial charge in [-0.05, 0) is 49.2 Å². The second kappa shape index (κ2) is 10.9. The monoisotopic (exact) mass is 441 g/mol. The van der Waals surface area contributed by atoms with Gasteiger partial charge < -0.3 is 9.15 Å². The molecular weight excluding hydrogens is 414 g/mol. The lowest BCUT2D eigenvalue weighted by Gasteiger charge is -2.05. The van der Waals surface area contributed by atoms with Gasteiger partial charge in [0.2, 0.25) is 5.89 Å². The van der Waals surface area contributed by atoms with Crippen LogP contribution in [0.25, 0.3) is 17.5 Å². The van der Waals surface area contributed by atoms with Gasteiger partial charge in [-0.2, -0.15) is 8.42 Å². The van der Waals surface area contributed by atoms with Crippen LogP contribution in [0.15, 0.2) is 64.4 Å². The Hall–Kier alpha value is -2.90. The summed E-state index contributed by atoms with van der Waals surface area (Å²) in [4.78, 5) is 4.57. The Morgan fingerprint density at radius 1 is 1.03 bits per heavy atom. The smallest absolute Gasteiger partial charge is 0.290 e. The summed E-state index contributed by atoms with van der Waals surface area (Å²) in [5.41, 5.74) is 2.56. The summed E-state index contributed by atoms with van der Waals surface area (Å²) < 4.78 is 40.1. The van der Waals surface area contributed by atoms with Gasteiger partial charge >= 0.3 is 0 Å². The summed E-state index contributed by atoms with van der Waals surface area (Å²) in [6.07, 6.45) is 3.72. The van der Waals surface area contributed by atoms with Crippen LogP contribution in [-0.2, 0) is 20.7 Å². The second-order valence-electron chi connectivity index (χ2n) is 7.03. The molecule has 0 saturated carbocycles. The molecule has 1 aromatic heterocycles. The summed E-state index contributed by atoms with van der Waals surface area (Å²) in [6.45, 7) is 4.53. The molecule has 164 valence electrons. The average molecular weight is 442 g/mol. The second-order valence-corrected chi connectivity index (χ2v) is 8.52. The first kappa shape index (κ1) is 22.8. The molecule has 2 aromatic carbocycles. The fraction of sp³-hybridized carbons (Fsp3) is 0.292. The number of aromatic nitrogens is 1. The Kier molecular flexibility index (Phi) is 8.03. The number of benzene rings is 2. The zero-order chi connectivity index (χ0) is 22.1. The third kappa shape index (κ3) is 7.08. The van der Waals surface area contributed by atoms with Gasteiger partial charge in [-0.25, -0.2) is 4.98 Å². The van der Waals surface area contributed by atoms with Gasteiger partial charge in [0, 0.05) is 12.0 Å². The van der Waals surface area contributed by atoms with E-state index in [0.29, 0.717) is 31.1 Å². The highest BCUT2D eigenvalue weighted by Crippen LogP contribution is 2.22. The van der Waals surface area contributed by atoms with E-state index < -0.39 is 10.1 Å². The van der Waals surface area contributed by atoms with Crippen LogP contribution >= 0.6 is 0 Å². The zero-order valence-corrected chi connectivity index (χ0v) is 18.6. The van der Waals surface area contributed by atoms with Crippen molar-refractivity contribution in [3.63, 3.8) is 0 Å². The largest absolute Gasteiger partial charge is 0.493 e. The van der Waals surface area contributed by atoms with Crippen LogP contribution in [0.2, 0.25) is 0 Å². The van der Waals surface area contributed by atoms with Crippen LogP contribution in [0.4, 0.5) is 0 Å². The lowest BCUT2D eigenvalue weighted by molar-refractivity contribution is 0.316. The van der Waals surface area contributed by atoms with Crippen LogP contribution < -0.4 is 4.74 Å². The molecule has 6 nitrogen and oxygen atoms in total. The van der Waals surface area contributed by atoms with E-state index in [4.69, 9.17) is 13.3 Å². The third-order valence-electron chi connectivity index (χ3n) is 4.57. The van der Waals surface area contributed by atoms with Crippen molar-refractivity contribution in [1.29, 1.82) is 0 Å². The summed E-state index contributed by atoms with van der Waals surface area (Å²) >= 11 is 0. The molecule has 0 atom stereocenters. The molecule has 0 bridgehead atoms. The first-order valence-corrected chi connectivity index (χ1v) is 11.8. The van der Waals surface area contributed by atoms with Crippen LogP contribution in [0.5, 0.6) is 5.75 Å². The van der Waals surface area contributed by atoms with Crippen LogP contribution in [0, 0.1) is 6.92 Å². The highest BCUT2D eigenvalue weighted by atomic mass is 32.2. The maximum atomic E-state index is 11.8. The number of hydrogen-bond donors (Lipinski definition) is 0. The lowest BCUT2D eigenvalue weighted by atomic mass is 10.2. The molecule has 31 heavy (non-hydrogen) atoms. The van der Waals surface area contributed by atoms with E-state index in [9.17, 15) is 8.42 Å². The zero-order valence-electron chi connectivity index (χ0n) is 17.8. The van der Waals surface area contributed by atoms with Crippen molar-refractivity contribution in [3.05, 3.63) is 77.0 Å². The number of ether oxygens (including phenoxy) is 1. The van der Waals surface area contributed by atoms with E-state index >= 15 is 0 Å². The first-order valence-electron chi connectivity index (χ1n) is 10.3. The van der Waals surface area contributed by atoms with E-state index in [1.165, 1.54) is 6.08 Å². The lowest BCUT2D eigenvalue weighted by Crippen LogP contribution is -2.03. The summed E-state index contributed by atoms with van der Waals surface area (Å²) in [7, 11) is -3.66.